The van der Waals surface area contributed by atoms with Crippen molar-refractivity contribution in [3.05, 3.63) is 442 Å². The van der Waals surface area contributed by atoms with Gasteiger partial charge in [-0.3, -0.25) is 0 Å². The number of H-pyrrole nitrogens is 9. The first-order valence-corrected chi connectivity index (χ1v) is 50.0. The van der Waals surface area contributed by atoms with Gasteiger partial charge in [-0.2, -0.15) is 0 Å². The van der Waals surface area contributed by atoms with E-state index in [-0.39, 0.29) is 5.75 Å². The normalized spacial score (nSPS) is 11.3. The highest BCUT2D eigenvalue weighted by atomic mass is 127. The number of benzene rings is 18. The van der Waals surface area contributed by atoms with E-state index in [1.54, 1.807) is 26.4 Å². The Labute approximate surface area is 862 Å². The lowest BCUT2D eigenvalue weighted by atomic mass is 9.99. The van der Waals surface area contributed by atoms with Crippen molar-refractivity contribution in [2.45, 2.75) is 0 Å². The molecule has 0 aliphatic heterocycles. The molecule has 27 aromatic rings. The molecule has 0 fully saturated rings. The van der Waals surface area contributed by atoms with Crippen LogP contribution in [0.1, 0.15) is 0 Å². The Balaban J connectivity index is 0.0000000992. The van der Waals surface area contributed by atoms with Crippen molar-refractivity contribution in [1.29, 1.82) is 0 Å². The average molecular weight is 2190 g/mol. The van der Waals surface area contributed by atoms with Gasteiger partial charge >= 0.3 is 0 Å². The highest BCUT2D eigenvalue weighted by molar-refractivity contribution is 14.1. The largest absolute Gasteiger partial charge is 0.508 e. The highest BCUT2D eigenvalue weighted by Gasteiger charge is 2.25. The standard InChI is InChI=1S/2C27H19N3.C23H15I2N3.C23H14IN3.C23H20N2O3/c1-2-10-19(11-3-1)25-26(22-15-8-12-18-9-4-5-13-20(18)22)30-27(29-25)23-17-28-24-16-7-6-14-21(23)24;1-2-9-19(10-3-1)25-26(21-15-14-18-8-4-5-11-20(18)16-21)30-27(29-25)23-17-28-24-13-7-6-12-22(23)24;24-16-7-3-5-14(11-16)21-22(15-6-4-8-17(25)12-15)28-23(27-21)19-13-26-20-10-2-1-9-18(19)20;24-13-9-10-15-14-5-1-2-7-17(14)21-22(18(15)11-13)27-23(26-21)19-12-25-20-8-4-3-6-16(19)20;1-27-19-11-5-15(6-12-19)21-22(16-7-13-20(28-2)14-8-16)25-23(24-21)17-3-9-18(26)10-4-17/h2*1-17,28H,(H,29,30);1-13,26H,(H,27,28);1-12,25H,(H,26,27);3-14,26H,1-2H3,(H,24,25). The van der Waals surface area contributed by atoms with Crippen LogP contribution in [0, 0.1) is 10.7 Å². The molecule has 10 N–H and O–H groups in total. The molecule has 143 heavy (non-hydrogen) atoms. The number of rotatable bonds is 15. The van der Waals surface area contributed by atoms with Crippen molar-refractivity contribution >= 4 is 166 Å². The number of nitrogens with one attached hydrogen (secondary N) is 9. The Morgan fingerprint density at radius 2 is 0.580 bits per heavy atom. The summed E-state index contributed by atoms with van der Waals surface area (Å²) in [5.41, 5.74) is 28.3. The number of phenols is 1. The number of hydrogen-bond acceptors (Lipinski definition) is 8. The first kappa shape index (κ1) is 89.9. The van der Waals surface area contributed by atoms with E-state index in [9.17, 15) is 5.11 Å². The summed E-state index contributed by atoms with van der Waals surface area (Å²) in [7, 11) is 3.30. The first-order chi connectivity index (χ1) is 70.4. The predicted octanol–water partition coefficient (Wildman–Crippen LogP) is 32.9. The van der Waals surface area contributed by atoms with Gasteiger partial charge in [0, 0.05) is 162 Å². The molecule has 27 rings (SSSR count). The van der Waals surface area contributed by atoms with Crippen LogP contribution in [0.2, 0.25) is 0 Å². The molecule has 20 heteroatoms. The maximum absolute atomic E-state index is 9.56. The van der Waals surface area contributed by atoms with Gasteiger partial charge in [0.1, 0.15) is 46.4 Å². The van der Waals surface area contributed by atoms with E-state index in [1.807, 2.05) is 122 Å². The summed E-state index contributed by atoms with van der Waals surface area (Å²) >= 11 is 7.07. The van der Waals surface area contributed by atoms with Crippen LogP contribution in [-0.2, 0) is 0 Å². The second-order valence-corrected chi connectivity index (χ2v) is 38.4. The highest BCUT2D eigenvalue weighted by Crippen LogP contribution is 2.45. The van der Waals surface area contributed by atoms with E-state index in [0.717, 1.165) is 202 Å². The second-order valence-electron chi connectivity index (χ2n) is 34.6. The van der Waals surface area contributed by atoms with Crippen LogP contribution in [0.25, 0.3) is 245 Å². The fraction of sp³-hybridized carbons (Fsp3) is 0.0163. The molecule has 0 saturated carbocycles. The lowest BCUT2D eigenvalue weighted by molar-refractivity contribution is 0.414. The second kappa shape index (κ2) is 39.7. The van der Waals surface area contributed by atoms with Crippen molar-refractivity contribution in [2.24, 2.45) is 0 Å². The first-order valence-electron chi connectivity index (χ1n) is 46.8. The fourth-order valence-electron chi connectivity index (χ4n) is 18.9. The number of phenolic OH excluding ortho intramolecular Hbond substituents is 1. The molecule has 0 spiro atoms. The zero-order valence-electron chi connectivity index (χ0n) is 77.1. The van der Waals surface area contributed by atoms with E-state index in [2.05, 4.69) is 410 Å². The molecule has 0 aliphatic rings. The van der Waals surface area contributed by atoms with Gasteiger partial charge in [0.15, 0.2) is 0 Å². The van der Waals surface area contributed by atoms with Crippen LogP contribution in [0.4, 0.5) is 0 Å². The van der Waals surface area contributed by atoms with Crippen LogP contribution in [0.5, 0.6) is 17.2 Å². The average Bonchev–Trinajstić information content (AvgIpc) is 1.58. The summed E-state index contributed by atoms with van der Waals surface area (Å²) in [5.74, 6) is 6.07. The summed E-state index contributed by atoms with van der Waals surface area (Å²) in [5, 5.41) is 24.0. The monoisotopic (exact) mass is 2190 g/mol. The number of aromatic amines is 9. The molecule has 0 atom stereocenters. The molecule has 688 valence electrons. The Hall–Kier alpha value is -16.9. The Morgan fingerprint density at radius 1 is 0.224 bits per heavy atom. The summed E-state index contributed by atoms with van der Waals surface area (Å²) in [6.45, 7) is 0. The minimum absolute atomic E-state index is 0.223. The number of fused-ring (bicyclic) bond motifs is 12. The molecule has 17 nitrogen and oxygen atoms in total. The zero-order chi connectivity index (χ0) is 96.4. The Kier molecular flexibility index (Phi) is 25.0. The van der Waals surface area contributed by atoms with Crippen LogP contribution in [0.3, 0.4) is 0 Å². The van der Waals surface area contributed by atoms with Crippen LogP contribution in [-0.4, -0.2) is 89.1 Å². The van der Waals surface area contributed by atoms with E-state index < -0.39 is 0 Å². The molecule has 0 radical (unpaired) electrons. The molecule has 0 unspecified atom stereocenters. The maximum Gasteiger partial charge on any atom is 0.140 e. The molecule has 9 aromatic heterocycles. The van der Waals surface area contributed by atoms with E-state index >= 15 is 0 Å². The van der Waals surface area contributed by atoms with Crippen molar-refractivity contribution in [2.75, 3.05) is 14.2 Å². The third kappa shape index (κ3) is 18.3. The van der Waals surface area contributed by atoms with Crippen LogP contribution in [0.15, 0.2) is 431 Å². The number of ether oxygens (including phenoxy) is 2. The predicted molar refractivity (Wildman–Crippen MR) is 611 cm³/mol. The third-order valence-electron chi connectivity index (χ3n) is 25.9. The number of para-hydroxylation sites is 4. The smallest absolute Gasteiger partial charge is 0.140 e. The Bertz CT molecular complexity index is 9190. The van der Waals surface area contributed by atoms with Gasteiger partial charge in [-0.1, -0.05) is 267 Å². The maximum atomic E-state index is 9.56. The van der Waals surface area contributed by atoms with Crippen molar-refractivity contribution < 1.29 is 14.6 Å². The molecular weight excluding hydrogens is 2100 g/mol. The number of aromatic nitrogens is 14. The van der Waals surface area contributed by atoms with E-state index in [4.69, 9.17) is 34.4 Å². The molecule has 0 bridgehead atoms. The molecular formula is C123H87I3N14O3. The minimum Gasteiger partial charge on any atom is -0.508 e. The molecule has 0 amide bonds. The molecule has 9 heterocycles. The lowest BCUT2D eigenvalue weighted by Gasteiger charge is -2.07. The van der Waals surface area contributed by atoms with E-state index in [0.29, 0.717) is 0 Å². The summed E-state index contributed by atoms with van der Waals surface area (Å²) in [4.78, 5) is 56.4. The number of hydrogen-bond donors (Lipinski definition) is 10. The molecule has 0 aliphatic carbocycles. The van der Waals surface area contributed by atoms with Gasteiger partial charge in [-0.25, -0.2) is 24.9 Å². The van der Waals surface area contributed by atoms with Crippen LogP contribution >= 0.6 is 67.8 Å². The number of nitrogens with zero attached hydrogens (tertiary/aromatic N) is 5. The van der Waals surface area contributed by atoms with Crippen LogP contribution < -0.4 is 9.47 Å². The van der Waals surface area contributed by atoms with Gasteiger partial charge in [-0.15, -0.1) is 0 Å². The quantitative estimate of drug-likeness (QED) is 0.0349. The fourth-order valence-corrected chi connectivity index (χ4v) is 20.5. The Morgan fingerprint density at radius 3 is 1.13 bits per heavy atom. The third-order valence-corrected chi connectivity index (χ3v) is 27.9. The SMILES string of the molecule is COc1ccc(-c2nc(-c3ccc(O)cc3)[nH]c2-c2ccc(OC)cc2)cc1.Ic1ccc2c3ccccc3c3[nH]c(-c4c[nH]c5ccccc45)nc3c2c1.Ic1cccc(-c2nc(-c3c[nH]c4ccccc34)[nH]c2-c2cccc(I)c2)c1.c1ccc(-c2[nH]c(-c3c[nH]c4ccccc34)nc2-c2ccc3ccccc3c2)cc1.c1ccc(-c2nc(-c3c[nH]c4ccccc34)[nH]c2-c2cccc3ccccc23)cc1. The van der Waals surface area contributed by atoms with Gasteiger partial charge in [-0.05, 0) is 240 Å². The molecule has 18 aromatic carbocycles. The summed E-state index contributed by atoms with van der Waals surface area (Å²) in [6, 6.07) is 139. The zero-order valence-corrected chi connectivity index (χ0v) is 83.6. The number of aromatic hydroxyl groups is 1. The number of halogens is 3. The lowest BCUT2D eigenvalue weighted by Crippen LogP contribution is -1.87. The van der Waals surface area contributed by atoms with Gasteiger partial charge in [0.2, 0.25) is 0 Å². The van der Waals surface area contributed by atoms with Gasteiger partial charge in [0.25, 0.3) is 0 Å². The van der Waals surface area contributed by atoms with E-state index in [1.165, 1.54) is 64.6 Å². The summed E-state index contributed by atoms with van der Waals surface area (Å²) in [6.07, 6.45) is 8.13. The molecule has 0 saturated heterocycles. The number of methoxy groups -OCH3 is 2. The van der Waals surface area contributed by atoms with Gasteiger partial charge in [0.05, 0.1) is 70.8 Å². The minimum atomic E-state index is 0.223. The topological polar surface area (TPSA) is 245 Å². The van der Waals surface area contributed by atoms with Crippen molar-refractivity contribution in [3.63, 3.8) is 0 Å². The summed E-state index contributed by atoms with van der Waals surface area (Å²) < 4.78 is 14.1. The van der Waals surface area contributed by atoms with Crippen molar-refractivity contribution in [3.8, 4) is 164 Å². The van der Waals surface area contributed by atoms with Gasteiger partial charge < -0.3 is 59.4 Å². The van der Waals surface area contributed by atoms with Crippen molar-refractivity contribution in [1.82, 2.24) is 69.8 Å². The number of imidazole rings is 5.